The quantitative estimate of drug-likeness (QED) is 0.0523. The van der Waals surface area contributed by atoms with Crippen LogP contribution in [0.5, 0.6) is 5.75 Å². The molecule has 0 bridgehead atoms. The van der Waals surface area contributed by atoms with Crippen molar-refractivity contribution in [1.29, 1.82) is 0 Å². The van der Waals surface area contributed by atoms with Gasteiger partial charge in [-0.25, -0.2) is 31.1 Å². The monoisotopic (exact) mass is 605 g/mol. The molecule has 0 aliphatic heterocycles. The molecule has 0 amide bonds. The molecule has 0 aliphatic rings. The smallest absolute Gasteiger partial charge is 0.379 e. The molecule has 0 N–H and O–H groups in total. The summed E-state index contributed by atoms with van der Waals surface area (Å²) in [5, 5.41) is -1.34. The minimum atomic E-state index is -1.85. The highest BCUT2D eigenvalue weighted by Crippen LogP contribution is 2.51. The number of thiophene rings is 1. The number of esters is 1. The van der Waals surface area contributed by atoms with E-state index in [1.54, 1.807) is 6.07 Å². The number of hydrogen-bond acceptors (Lipinski definition) is 3. The van der Waals surface area contributed by atoms with Crippen LogP contribution in [0.2, 0.25) is 0 Å². The van der Waals surface area contributed by atoms with Gasteiger partial charge in [0.1, 0.15) is 5.75 Å². The first-order chi connectivity index (χ1) is 16.2. The molecule has 34 heavy (non-hydrogen) atoms. The molecule has 0 radical (unpaired) electrons. The van der Waals surface area contributed by atoms with Crippen molar-refractivity contribution in [3.8, 4) is 10.6 Å². The second-order valence-corrected chi connectivity index (χ2v) is 10.0. The van der Waals surface area contributed by atoms with E-state index in [9.17, 15) is 31.1 Å². The van der Waals surface area contributed by atoms with Crippen LogP contribution in [0.1, 0.15) is 10.6 Å². The van der Waals surface area contributed by atoms with Crippen molar-refractivity contribution in [1.82, 2.24) is 0 Å². The molecular weight excluding hydrogens is 597 g/mol. The van der Waals surface area contributed by atoms with Gasteiger partial charge in [0.15, 0.2) is 53.0 Å². The van der Waals surface area contributed by atoms with E-state index < -0.39 is 62.1 Å². The third-order valence-corrected chi connectivity index (χ3v) is 7.83. The van der Waals surface area contributed by atoms with Crippen LogP contribution >= 0.6 is 33.1 Å². The van der Waals surface area contributed by atoms with E-state index in [1.165, 1.54) is 30.3 Å². The van der Waals surface area contributed by atoms with E-state index in [2.05, 4.69) is 0 Å². The SMILES string of the molecule is O=C(Oc1ccc(-[s+]2c3cc(F)c(F)c(F)c3c3c(F)c(F)c(F)cc32)cc1)c1ccc(I)o1. The molecule has 3 nitrogen and oxygen atoms in total. The summed E-state index contributed by atoms with van der Waals surface area (Å²) in [5.74, 6) is -10.9. The summed E-state index contributed by atoms with van der Waals surface area (Å²) < 4.78 is 95.8. The number of furan rings is 1. The average Bonchev–Trinajstić information content (AvgIpc) is 3.38. The lowest BCUT2D eigenvalue weighted by Gasteiger charge is -2.02. The Labute approximate surface area is 202 Å². The van der Waals surface area contributed by atoms with E-state index in [4.69, 9.17) is 9.15 Å². The summed E-state index contributed by atoms with van der Waals surface area (Å²) in [6, 6.07) is 9.90. The predicted octanol–water partition coefficient (Wildman–Crippen LogP) is 7.98. The Balaban J connectivity index is 1.68. The summed E-state index contributed by atoms with van der Waals surface area (Å²) in [5.41, 5.74) is 0. The molecule has 0 spiro atoms. The zero-order valence-corrected chi connectivity index (χ0v) is 19.4. The molecule has 2 heterocycles. The van der Waals surface area contributed by atoms with E-state index in [0.29, 0.717) is 20.8 Å². The molecule has 0 unspecified atom stereocenters. The van der Waals surface area contributed by atoms with Crippen LogP contribution in [-0.2, 0) is 0 Å². The fourth-order valence-corrected chi connectivity index (χ4v) is 6.34. The van der Waals surface area contributed by atoms with Gasteiger partial charge in [0.25, 0.3) is 0 Å². The van der Waals surface area contributed by atoms with Gasteiger partial charge >= 0.3 is 5.97 Å². The largest absolute Gasteiger partial charge is 0.443 e. The average molecular weight is 605 g/mol. The standard InChI is InChI=1S/C23H8F6IO3S/c24-11-7-14-17(21(28)19(11)26)18-15(8-12(25)20(27)22(18)29)34(14)10-3-1-9(2-4-10)32-23(31)13-5-6-16(30)33-13/h1-8H/q+1. The van der Waals surface area contributed by atoms with Crippen LogP contribution < -0.4 is 4.74 Å². The van der Waals surface area contributed by atoms with Crippen molar-refractivity contribution < 1.29 is 40.3 Å². The van der Waals surface area contributed by atoms with Crippen molar-refractivity contribution in [2.24, 2.45) is 0 Å². The number of halogens is 7. The van der Waals surface area contributed by atoms with E-state index in [0.717, 1.165) is 0 Å². The molecule has 0 saturated carbocycles. The lowest BCUT2D eigenvalue weighted by molar-refractivity contribution is 0.0699. The third kappa shape index (κ3) is 3.54. The molecule has 2 aromatic heterocycles. The van der Waals surface area contributed by atoms with Crippen LogP contribution in [-0.4, -0.2) is 5.97 Å². The molecule has 11 heteroatoms. The van der Waals surface area contributed by atoms with Crippen LogP contribution in [0.3, 0.4) is 0 Å². The number of fused-ring (bicyclic) bond motifs is 3. The van der Waals surface area contributed by atoms with Crippen molar-refractivity contribution >= 4 is 59.2 Å². The second-order valence-electron chi connectivity index (χ2n) is 6.99. The van der Waals surface area contributed by atoms with Gasteiger partial charge < -0.3 is 9.15 Å². The first-order valence-corrected chi connectivity index (χ1v) is 11.6. The first-order valence-electron chi connectivity index (χ1n) is 9.34. The lowest BCUT2D eigenvalue weighted by atomic mass is 10.1. The van der Waals surface area contributed by atoms with Gasteiger partial charge in [0.05, 0.1) is 10.8 Å². The third-order valence-electron chi connectivity index (χ3n) is 4.99. The highest BCUT2D eigenvalue weighted by atomic mass is 127. The summed E-state index contributed by atoms with van der Waals surface area (Å²) in [6.45, 7) is 0. The van der Waals surface area contributed by atoms with Gasteiger partial charge in [0, 0.05) is 34.7 Å². The maximum absolute atomic E-state index is 14.7. The Bertz CT molecular complexity index is 1550. The number of ether oxygens (including phenoxy) is 1. The summed E-state index contributed by atoms with van der Waals surface area (Å²) in [6.07, 6.45) is 0. The Morgan fingerprint density at radius 2 is 1.29 bits per heavy atom. The molecule has 5 aromatic rings. The van der Waals surface area contributed by atoms with Gasteiger partial charge in [-0.3, -0.25) is 0 Å². The highest BCUT2D eigenvalue weighted by Gasteiger charge is 2.34. The van der Waals surface area contributed by atoms with Gasteiger partial charge in [-0.2, -0.15) is 0 Å². The Morgan fingerprint density at radius 1 is 0.765 bits per heavy atom. The Hall–Kier alpha value is -3.06. The summed E-state index contributed by atoms with van der Waals surface area (Å²) >= 11 is 1.88. The molecule has 0 fully saturated rings. The van der Waals surface area contributed by atoms with Crippen LogP contribution in [0.4, 0.5) is 26.3 Å². The van der Waals surface area contributed by atoms with Crippen LogP contribution in [0, 0.1) is 38.7 Å². The maximum Gasteiger partial charge on any atom is 0.379 e. The summed E-state index contributed by atoms with van der Waals surface area (Å²) in [4.78, 5) is 12.5. The van der Waals surface area contributed by atoms with E-state index in [1.807, 2.05) is 22.6 Å². The van der Waals surface area contributed by atoms with Crippen LogP contribution in [0.25, 0.3) is 25.1 Å². The number of rotatable bonds is 3. The lowest BCUT2D eigenvalue weighted by Crippen LogP contribution is -2.06. The van der Waals surface area contributed by atoms with Crippen molar-refractivity contribution in [2.45, 2.75) is 0 Å². The zero-order chi connectivity index (χ0) is 24.3. The first kappa shape index (κ1) is 22.7. The fraction of sp³-hybridized carbons (Fsp3) is 0. The number of hydrogen-bond donors (Lipinski definition) is 0. The minimum absolute atomic E-state index is 0.0325. The van der Waals surface area contributed by atoms with Gasteiger partial charge in [-0.15, -0.1) is 0 Å². The molecule has 0 atom stereocenters. The van der Waals surface area contributed by atoms with Gasteiger partial charge in [0.2, 0.25) is 5.76 Å². The molecular formula is C23H8F6IO3S+. The predicted molar refractivity (Wildman–Crippen MR) is 121 cm³/mol. The molecule has 172 valence electrons. The van der Waals surface area contributed by atoms with Crippen molar-refractivity contribution in [3.05, 3.63) is 93.0 Å². The van der Waals surface area contributed by atoms with Gasteiger partial charge in [-0.05, 0) is 46.9 Å². The van der Waals surface area contributed by atoms with E-state index >= 15 is 0 Å². The second kappa shape index (κ2) is 8.31. The van der Waals surface area contributed by atoms with Gasteiger partial charge in [-0.1, -0.05) is 0 Å². The number of benzene rings is 3. The van der Waals surface area contributed by atoms with Crippen molar-refractivity contribution in [3.63, 3.8) is 0 Å². The fourth-order valence-electron chi connectivity index (χ4n) is 3.53. The molecule has 0 aliphatic carbocycles. The topological polar surface area (TPSA) is 39.4 Å². The normalized spacial score (nSPS) is 11.5. The number of carbonyl (C=O) groups excluding carboxylic acids is 1. The molecule has 0 saturated heterocycles. The van der Waals surface area contributed by atoms with E-state index in [-0.39, 0.29) is 20.9 Å². The molecule has 5 rings (SSSR count). The highest BCUT2D eigenvalue weighted by molar-refractivity contribution is 14.1. The number of carbonyl (C=O) groups is 1. The Kier molecular flexibility index (Phi) is 5.55. The zero-order valence-electron chi connectivity index (χ0n) is 16.4. The maximum atomic E-state index is 14.7. The minimum Gasteiger partial charge on any atom is -0.443 e. The summed E-state index contributed by atoms with van der Waals surface area (Å²) in [7, 11) is -1.51. The Morgan fingerprint density at radius 3 is 1.76 bits per heavy atom. The molecule has 3 aromatic carbocycles. The van der Waals surface area contributed by atoms with Crippen molar-refractivity contribution in [2.75, 3.05) is 0 Å². The van der Waals surface area contributed by atoms with Crippen LogP contribution in [0.15, 0.2) is 52.9 Å².